The highest BCUT2D eigenvalue weighted by atomic mass is 35.5. The molecule has 3 fully saturated rings. The molecule has 1 aromatic rings. The molecule has 3 heterocycles. The fourth-order valence-electron chi connectivity index (χ4n) is 4.71. The normalized spacial score (nSPS) is 27.2. The molecule has 4 rings (SSSR count). The molecule has 3 unspecified atom stereocenters. The van der Waals surface area contributed by atoms with E-state index >= 15 is 0 Å². The van der Waals surface area contributed by atoms with Crippen molar-refractivity contribution in [3.8, 4) is 5.75 Å². The summed E-state index contributed by atoms with van der Waals surface area (Å²) in [6.45, 7) is 8.52. The minimum Gasteiger partial charge on any atom is -0.495 e. The lowest BCUT2D eigenvalue weighted by molar-refractivity contribution is -0.0432. The molecule has 0 radical (unpaired) electrons. The standard InChI is InChI=1S/C22H34ClN5O2/c1-3-24-22(25-12-19-14-27-9-4-5-18(27)15-30-19)26-17-8-10-28(13-17)20-11-16(23)6-7-21(20)29-2/h6-7,11,17-19H,3-5,8-10,12-15H2,1-2H3,(H2,24,25,26). The van der Waals surface area contributed by atoms with Gasteiger partial charge in [0.25, 0.3) is 0 Å². The van der Waals surface area contributed by atoms with E-state index in [2.05, 4.69) is 27.4 Å². The summed E-state index contributed by atoms with van der Waals surface area (Å²) in [6.07, 6.45) is 3.79. The van der Waals surface area contributed by atoms with Crippen LogP contribution >= 0.6 is 11.6 Å². The molecule has 0 saturated carbocycles. The van der Waals surface area contributed by atoms with Crippen molar-refractivity contribution in [3.05, 3.63) is 23.2 Å². The molecular formula is C22H34ClN5O2. The highest BCUT2D eigenvalue weighted by molar-refractivity contribution is 6.30. The number of rotatable bonds is 6. The molecule has 1 aromatic carbocycles. The molecule has 0 amide bonds. The Labute approximate surface area is 184 Å². The Bertz CT molecular complexity index is 746. The highest BCUT2D eigenvalue weighted by Crippen LogP contribution is 2.33. The van der Waals surface area contributed by atoms with Gasteiger partial charge in [-0.2, -0.15) is 0 Å². The average molecular weight is 436 g/mol. The van der Waals surface area contributed by atoms with Crippen LogP contribution in [0.4, 0.5) is 5.69 Å². The number of nitrogens with one attached hydrogen (secondary N) is 2. The van der Waals surface area contributed by atoms with E-state index in [4.69, 9.17) is 26.1 Å². The van der Waals surface area contributed by atoms with Crippen LogP contribution in [0.1, 0.15) is 26.2 Å². The smallest absolute Gasteiger partial charge is 0.191 e. The lowest BCUT2D eigenvalue weighted by Crippen LogP contribution is -2.48. The maximum Gasteiger partial charge on any atom is 0.191 e. The molecule has 0 spiro atoms. The number of anilines is 1. The second-order valence-corrected chi connectivity index (χ2v) is 8.79. The molecule has 3 aliphatic rings. The third-order valence-corrected chi connectivity index (χ3v) is 6.50. The van der Waals surface area contributed by atoms with Crippen molar-refractivity contribution in [2.45, 2.75) is 44.4 Å². The highest BCUT2D eigenvalue weighted by Gasteiger charge is 2.32. The van der Waals surface area contributed by atoms with Crippen LogP contribution in [0.2, 0.25) is 5.02 Å². The topological polar surface area (TPSA) is 61.4 Å². The van der Waals surface area contributed by atoms with E-state index in [9.17, 15) is 0 Å². The first-order valence-corrected chi connectivity index (χ1v) is 11.5. The van der Waals surface area contributed by atoms with Crippen molar-refractivity contribution < 1.29 is 9.47 Å². The molecule has 0 aliphatic carbocycles. The number of nitrogens with zero attached hydrogens (tertiary/aromatic N) is 3. The quantitative estimate of drug-likeness (QED) is 0.528. The predicted molar refractivity (Wildman–Crippen MR) is 122 cm³/mol. The Kier molecular flexibility index (Phi) is 7.23. The molecule has 0 aromatic heterocycles. The molecule has 0 bridgehead atoms. The molecule has 7 nitrogen and oxygen atoms in total. The van der Waals surface area contributed by atoms with Gasteiger partial charge in [-0.15, -0.1) is 0 Å². The second-order valence-electron chi connectivity index (χ2n) is 8.36. The summed E-state index contributed by atoms with van der Waals surface area (Å²) in [5.41, 5.74) is 1.05. The SMILES string of the molecule is CCNC(=NCC1CN2CCCC2CO1)NC1CCN(c2cc(Cl)ccc2OC)C1. The molecular weight excluding hydrogens is 402 g/mol. The van der Waals surface area contributed by atoms with Crippen molar-refractivity contribution in [2.75, 3.05) is 57.9 Å². The Morgan fingerprint density at radius 2 is 2.20 bits per heavy atom. The zero-order valence-corrected chi connectivity index (χ0v) is 18.8. The van der Waals surface area contributed by atoms with Gasteiger partial charge < -0.3 is 25.0 Å². The largest absolute Gasteiger partial charge is 0.495 e. The van der Waals surface area contributed by atoms with Crippen molar-refractivity contribution in [3.63, 3.8) is 0 Å². The maximum atomic E-state index is 6.22. The van der Waals surface area contributed by atoms with Crippen LogP contribution in [-0.4, -0.2) is 82.0 Å². The Morgan fingerprint density at radius 3 is 3.03 bits per heavy atom. The van der Waals surface area contributed by atoms with Gasteiger partial charge in [0.1, 0.15) is 5.75 Å². The first-order chi connectivity index (χ1) is 14.7. The number of benzene rings is 1. The molecule has 8 heteroatoms. The number of methoxy groups -OCH3 is 1. The molecule has 2 N–H and O–H groups in total. The number of fused-ring (bicyclic) bond motifs is 1. The number of guanidine groups is 1. The van der Waals surface area contributed by atoms with Gasteiger partial charge in [0, 0.05) is 43.3 Å². The monoisotopic (exact) mass is 435 g/mol. The first-order valence-electron chi connectivity index (χ1n) is 11.1. The third-order valence-electron chi connectivity index (χ3n) is 6.27. The summed E-state index contributed by atoms with van der Waals surface area (Å²) in [5, 5.41) is 7.72. The summed E-state index contributed by atoms with van der Waals surface area (Å²) in [4.78, 5) is 9.73. The second kappa shape index (κ2) is 10.1. The molecule has 3 aliphatic heterocycles. The van der Waals surface area contributed by atoms with Gasteiger partial charge in [0.05, 0.1) is 32.1 Å². The Morgan fingerprint density at radius 1 is 1.30 bits per heavy atom. The number of aliphatic imine (C=N–C) groups is 1. The Hall–Kier alpha value is -1.70. The number of hydrogen-bond donors (Lipinski definition) is 2. The van der Waals surface area contributed by atoms with Crippen LogP contribution in [-0.2, 0) is 4.74 Å². The fraction of sp³-hybridized carbons (Fsp3) is 0.682. The van der Waals surface area contributed by atoms with Crippen LogP contribution in [0.3, 0.4) is 0 Å². The first kappa shape index (κ1) is 21.5. The van der Waals surface area contributed by atoms with Crippen molar-refractivity contribution in [2.24, 2.45) is 4.99 Å². The van der Waals surface area contributed by atoms with E-state index in [0.717, 1.165) is 61.6 Å². The summed E-state index contributed by atoms with van der Waals surface area (Å²) >= 11 is 6.22. The summed E-state index contributed by atoms with van der Waals surface area (Å²) in [7, 11) is 1.70. The van der Waals surface area contributed by atoms with Crippen molar-refractivity contribution in [1.29, 1.82) is 0 Å². The van der Waals surface area contributed by atoms with E-state index in [-0.39, 0.29) is 6.10 Å². The summed E-state index contributed by atoms with van der Waals surface area (Å²) in [6, 6.07) is 6.72. The van der Waals surface area contributed by atoms with E-state index in [0.29, 0.717) is 18.6 Å². The van der Waals surface area contributed by atoms with Crippen LogP contribution in [0, 0.1) is 0 Å². The van der Waals surface area contributed by atoms with Gasteiger partial charge in [-0.1, -0.05) is 11.6 Å². The van der Waals surface area contributed by atoms with Gasteiger partial charge in [-0.3, -0.25) is 9.89 Å². The van der Waals surface area contributed by atoms with Gasteiger partial charge in [0.15, 0.2) is 5.96 Å². The minimum atomic E-state index is 0.186. The van der Waals surface area contributed by atoms with Gasteiger partial charge in [0.2, 0.25) is 0 Å². The zero-order valence-electron chi connectivity index (χ0n) is 18.1. The van der Waals surface area contributed by atoms with Gasteiger partial charge in [-0.05, 0) is 50.9 Å². The predicted octanol–water partition coefficient (Wildman–Crippen LogP) is 2.35. The molecule has 166 valence electrons. The fourth-order valence-corrected chi connectivity index (χ4v) is 4.88. The number of halogens is 1. The number of morpholine rings is 1. The number of ether oxygens (including phenoxy) is 2. The molecule has 30 heavy (non-hydrogen) atoms. The Balaban J connectivity index is 1.33. The summed E-state index contributed by atoms with van der Waals surface area (Å²) < 4.78 is 11.6. The van der Waals surface area contributed by atoms with Crippen LogP contribution in [0.15, 0.2) is 23.2 Å². The van der Waals surface area contributed by atoms with Crippen LogP contribution in [0.5, 0.6) is 5.75 Å². The van der Waals surface area contributed by atoms with Crippen LogP contribution in [0.25, 0.3) is 0 Å². The zero-order chi connectivity index (χ0) is 20.9. The molecule has 3 atom stereocenters. The average Bonchev–Trinajstić information content (AvgIpc) is 3.41. The van der Waals surface area contributed by atoms with E-state index in [1.165, 1.54) is 19.4 Å². The number of hydrogen-bond acceptors (Lipinski definition) is 5. The third kappa shape index (κ3) is 5.13. The lowest BCUT2D eigenvalue weighted by atomic mass is 10.2. The van der Waals surface area contributed by atoms with Crippen molar-refractivity contribution >= 4 is 23.2 Å². The van der Waals surface area contributed by atoms with E-state index in [1.54, 1.807) is 7.11 Å². The van der Waals surface area contributed by atoms with E-state index in [1.807, 2.05) is 18.2 Å². The van der Waals surface area contributed by atoms with E-state index < -0.39 is 0 Å². The maximum absolute atomic E-state index is 6.22. The lowest BCUT2D eigenvalue weighted by Gasteiger charge is -2.34. The van der Waals surface area contributed by atoms with Gasteiger partial charge >= 0.3 is 0 Å². The van der Waals surface area contributed by atoms with Crippen molar-refractivity contribution in [1.82, 2.24) is 15.5 Å². The van der Waals surface area contributed by atoms with Gasteiger partial charge in [-0.25, -0.2) is 0 Å². The van der Waals surface area contributed by atoms with Crippen LogP contribution < -0.4 is 20.3 Å². The minimum absolute atomic E-state index is 0.186. The summed E-state index contributed by atoms with van der Waals surface area (Å²) in [5.74, 6) is 1.73. The molecule has 3 saturated heterocycles.